The number of hydrogen-bond acceptors (Lipinski definition) is 2. The van der Waals surface area contributed by atoms with E-state index < -0.39 is 0 Å². The summed E-state index contributed by atoms with van der Waals surface area (Å²) in [5.74, 6) is 0.233. The maximum absolute atomic E-state index is 12.2. The molecule has 0 spiro atoms. The standard InChI is InChI=1S/C15H16N2O/c1-17-14-9-5-4-8-12(14)13(16-17)10-15(18)11-6-2-3-7-11/h4-6,8-9H,2-3,7,10H2,1H3. The third kappa shape index (κ3) is 1.86. The maximum atomic E-state index is 12.2. The Morgan fingerprint density at radius 3 is 3.00 bits per heavy atom. The third-order valence-corrected chi connectivity index (χ3v) is 3.56. The zero-order valence-corrected chi connectivity index (χ0v) is 10.5. The van der Waals surface area contributed by atoms with Crippen molar-refractivity contribution in [2.24, 2.45) is 7.05 Å². The molecule has 1 heterocycles. The van der Waals surface area contributed by atoms with E-state index in [1.165, 1.54) is 0 Å². The van der Waals surface area contributed by atoms with Crippen LogP contribution >= 0.6 is 0 Å². The number of carbonyl (C=O) groups is 1. The van der Waals surface area contributed by atoms with Gasteiger partial charge >= 0.3 is 0 Å². The fourth-order valence-corrected chi connectivity index (χ4v) is 2.61. The predicted octanol–water partition coefficient (Wildman–Crippen LogP) is 2.80. The molecule has 0 fully saturated rings. The van der Waals surface area contributed by atoms with Crippen molar-refractivity contribution in [1.29, 1.82) is 0 Å². The van der Waals surface area contributed by atoms with Crippen LogP contribution in [0.5, 0.6) is 0 Å². The van der Waals surface area contributed by atoms with Crippen molar-refractivity contribution in [3.8, 4) is 0 Å². The molecule has 0 bridgehead atoms. The number of para-hydroxylation sites is 1. The average Bonchev–Trinajstić information content (AvgIpc) is 3.00. The molecule has 0 N–H and O–H groups in total. The van der Waals surface area contributed by atoms with Gasteiger partial charge in [0.25, 0.3) is 0 Å². The normalized spacial score (nSPS) is 15.1. The number of nitrogens with zero attached hydrogens (tertiary/aromatic N) is 2. The van der Waals surface area contributed by atoms with Gasteiger partial charge in [-0.3, -0.25) is 9.48 Å². The van der Waals surface area contributed by atoms with Crippen LogP contribution < -0.4 is 0 Å². The number of Topliss-reactive ketones (excluding diaryl/α,β-unsaturated/α-hetero) is 1. The molecule has 0 radical (unpaired) electrons. The van der Waals surface area contributed by atoms with Crippen LogP contribution in [0.2, 0.25) is 0 Å². The van der Waals surface area contributed by atoms with Crippen molar-refractivity contribution in [3.63, 3.8) is 0 Å². The molecular formula is C15H16N2O. The van der Waals surface area contributed by atoms with E-state index in [0.29, 0.717) is 6.42 Å². The quantitative estimate of drug-likeness (QED) is 0.826. The second-order valence-electron chi connectivity index (χ2n) is 4.81. The largest absolute Gasteiger partial charge is 0.294 e. The lowest BCUT2D eigenvalue weighted by Gasteiger charge is -1.99. The Morgan fingerprint density at radius 2 is 2.22 bits per heavy atom. The van der Waals surface area contributed by atoms with Gasteiger partial charge < -0.3 is 0 Å². The van der Waals surface area contributed by atoms with Crippen LogP contribution in [-0.4, -0.2) is 15.6 Å². The summed E-state index contributed by atoms with van der Waals surface area (Å²) >= 11 is 0. The lowest BCUT2D eigenvalue weighted by molar-refractivity contribution is -0.115. The zero-order valence-electron chi connectivity index (χ0n) is 10.5. The number of aryl methyl sites for hydroxylation is 1. The molecule has 1 aliphatic rings. The van der Waals surface area contributed by atoms with Gasteiger partial charge in [0.1, 0.15) is 0 Å². The van der Waals surface area contributed by atoms with Crippen molar-refractivity contribution in [2.45, 2.75) is 25.7 Å². The minimum Gasteiger partial charge on any atom is -0.294 e. The van der Waals surface area contributed by atoms with Crippen LogP contribution in [0.4, 0.5) is 0 Å². The lowest BCUT2D eigenvalue weighted by Crippen LogP contribution is -2.06. The van der Waals surface area contributed by atoms with E-state index in [-0.39, 0.29) is 5.78 Å². The zero-order chi connectivity index (χ0) is 12.5. The first kappa shape index (κ1) is 11.2. The van der Waals surface area contributed by atoms with E-state index in [1.54, 1.807) is 0 Å². The molecule has 0 saturated carbocycles. The van der Waals surface area contributed by atoms with E-state index in [4.69, 9.17) is 0 Å². The summed E-state index contributed by atoms with van der Waals surface area (Å²) in [6.45, 7) is 0. The lowest BCUT2D eigenvalue weighted by atomic mass is 10.0. The van der Waals surface area contributed by atoms with Crippen LogP contribution in [0, 0.1) is 0 Å². The van der Waals surface area contributed by atoms with Crippen LogP contribution in [-0.2, 0) is 18.3 Å². The monoisotopic (exact) mass is 240 g/mol. The molecule has 0 atom stereocenters. The van der Waals surface area contributed by atoms with Crippen LogP contribution in [0.15, 0.2) is 35.9 Å². The first-order valence-electron chi connectivity index (χ1n) is 6.38. The maximum Gasteiger partial charge on any atom is 0.164 e. The molecule has 3 heteroatoms. The SMILES string of the molecule is Cn1nc(CC(=O)C2=CCCC2)c2ccccc21. The van der Waals surface area contributed by atoms with Gasteiger partial charge in [0.2, 0.25) is 0 Å². The summed E-state index contributed by atoms with van der Waals surface area (Å²) in [6, 6.07) is 8.06. The molecule has 3 nitrogen and oxygen atoms in total. The highest BCUT2D eigenvalue weighted by molar-refractivity contribution is 5.99. The predicted molar refractivity (Wildman–Crippen MR) is 71.4 cm³/mol. The summed E-state index contributed by atoms with van der Waals surface area (Å²) in [5.41, 5.74) is 2.97. The van der Waals surface area contributed by atoms with Gasteiger partial charge in [0, 0.05) is 12.4 Å². The van der Waals surface area contributed by atoms with Crippen LogP contribution in [0.3, 0.4) is 0 Å². The highest BCUT2D eigenvalue weighted by Gasteiger charge is 2.17. The fourth-order valence-electron chi connectivity index (χ4n) is 2.61. The molecule has 2 aromatic rings. The Morgan fingerprint density at radius 1 is 1.39 bits per heavy atom. The van der Waals surface area contributed by atoms with Gasteiger partial charge in [0.15, 0.2) is 5.78 Å². The molecule has 0 aliphatic heterocycles. The van der Waals surface area contributed by atoms with Crippen molar-refractivity contribution >= 4 is 16.7 Å². The van der Waals surface area contributed by atoms with Gasteiger partial charge in [-0.25, -0.2) is 0 Å². The average molecular weight is 240 g/mol. The minimum atomic E-state index is 0.233. The Kier molecular flexibility index (Phi) is 2.74. The first-order valence-corrected chi connectivity index (χ1v) is 6.38. The summed E-state index contributed by atoms with van der Waals surface area (Å²) in [6.07, 6.45) is 5.60. The van der Waals surface area contributed by atoms with Crippen molar-refractivity contribution < 1.29 is 4.79 Å². The van der Waals surface area contributed by atoms with E-state index in [9.17, 15) is 4.79 Å². The number of rotatable bonds is 3. The second kappa shape index (κ2) is 4.41. The molecule has 92 valence electrons. The van der Waals surface area contributed by atoms with E-state index in [1.807, 2.05) is 36.0 Å². The number of ketones is 1. The van der Waals surface area contributed by atoms with E-state index in [2.05, 4.69) is 11.2 Å². The van der Waals surface area contributed by atoms with Crippen molar-refractivity contribution in [2.75, 3.05) is 0 Å². The van der Waals surface area contributed by atoms with Gasteiger partial charge in [-0.15, -0.1) is 0 Å². The Bertz CT molecular complexity index is 637. The summed E-state index contributed by atoms with van der Waals surface area (Å²) in [7, 11) is 1.92. The number of fused-ring (bicyclic) bond motifs is 1. The summed E-state index contributed by atoms with van der Waals surface area (Å²) in [5, 5.41) is 5.56. The van der Waals surface area contributed by atoms with Crippen molar-refractivity contribution in [3.05, 3.63) is 41.6 Å². The number of carbonyl (C=O) groups excluding carboxylic acids is 1. The van der Waals surface area contributed by atoms with Gasteiger partial charge in [-0.05, 0) is 30.9 Å². The Balaban J connectivity index is 1.93. The molecular weight excluding hydrogens is 224 g/mol. The highest BCUT2D eigenvalue weighted by atomic mass is 16.1. The molecule has 0 amide bonds. The molecule has 1 aromatic heterocycles. The smallest absolute Gasteiger partial charge is 0.164 e. The minimum absolute atomic E-state index is 0.233. The van der Waals surface area contributed by atoms with E-state index >= 15 is 0 Å². The Hall–Kier alpha value is -1.90. The fraction of sp³-hybridized carbons (Fsp3) is 0.333. The van der Waals surface area contributed by atoms with Crippen LogP contribution in [0.1, 0.15) is 25.0 Å². The molecule has 0 unspecified atom stereocenters. The number of hydrogen-bond donors (Lipinski definition) is 0. The number of aromatic nitrogens is 2. The first-order chi connectivity index (χ1) is 8.75. The van der Waals surface area contributed by atoms with Crippen LogP contribution in [0.25, 0.3) is 10.9 Å². The molecule has 0 saturated heterocycles. The molecule has 3 rings (SSSR count). The number of allylic oxidation sites excluding steroid dienone is 2. The molecule has 18 heavy (non-hydrogen) atoms. The summed E-state index contributed by atoms with van der Waals surface area (Å²) < 4.78 is 1.85. The highest BCUT2D eigenvalue weighted by Crippen LogP contribution is 2.22. The van der Waals surface area contributed by atoms with Gasteiger partial charge in [-0.1, -0.05) is 24.3 Å². The van der Waals surface area contributed by atoms with Crippen molar-refractivity contribution in [1.82, 2.24) is 9.78 Å². The third-order valence-electron chi connectivity index (χ3n) is 3.56. The van der Waals surface area contributed by atoms with Gasteiger partial charge in [-0.2, -0.15) is 5.10 Å². The second-order valence-corrected chi connectivity index (χ2v) is 4.81. The summed E-state index contributed by atoms with van der Waals surface area (Å²) in [4.78, 5) is 12.2. The molecule has 1 aromatic carbocycles. The topological polar surface area (TPSA) is 34.9 Å². The Labute approximate surface area is 106 Å². The van der Waals surface area contributed by atoms with E-state index in [0.717, 1.165) is 41.4 Å². The number of benzene rings is 1. The molecule has 1 aliphatic carbocycles. The van der Waals surface area contributed by atoms with Gasteiger partial charge in [0.05, 0.1) is 17.6 Å².